The van der Waals surface area contributed by atoms with E-state index < -0.39 is 17.1 Å². The summed E-state index contributed by atoms with van der Waals surface area (Å²) in [6.07, 6.45) is 2.52. The molecule has 0 spiro atoms. The fourth-order valence-corrected chi connectivity index (χ4v) is 3.77. The third kappa shape index (κ3) is 5.91. The summed E-state index contributed by atoms with van der Waals surface area (Å²) < 4.78 is 11.6. The van der Waals surface area contributed by atoms with E-state index in [1.54, 1.807) is 48.5 Å². The number of para-hydroxylation sites is 1. The van der Waals surface area contributed by atoms with Crippen molar-refractivity contribution in [2.75, 3.05) is 18.5 Å². The lowest BCUT2D eigenvalue weighted by Crippen LogP contribution is -2.36. The van der Waals surface area contributed by atoms with Crippen molar-refractivity contribution in [2.24, 2.45) is 0 Å². The van der Waals surface area contributed by atoms with Gasteiger partial charge in [-0.1, -0.05) is 31.2 Å². The zero-order chi connectivity index (χ0) is 23.1. The van der Waals surface area contributed by atoms with E-state index >= 15 is 0 Å². The van der Waals surface area contributed by atoms with Crippen LogP contribution < -0.4 is 14.8 Å². The molecule has 7 nitrogen and oxygen atoms in total. The average Bonchev–Trinajstić information content (AvgIpc) is 3.03. The normalized spacial score (nSPS) is 15.7. The number of thioether (sulfide) groups is 1. The number of carbonyl (C=O) groups excluding carboxylic acids is 3. The topological polar surface area (TPSA) is 84.9 Å². The van der Waals surface area contributed by atoms with Gasteiger partial charge < -0.3 is 14.8 Å². The van der Waals surface area contributed by atoms with Crippen molar-refractivity contribution < 1.29 is 23.9 Å². The van der Waals surface area contributed by atoms with Crippen LogP contribution in [0.1, 0.15) is 32.8 Å². The lowest BCUT2D eigenvalue weighted by Gasteiger charge is -2.16. The van der Waals surface area contributed by atoms with Crippen LogP contribution >= 0.6 is 11.8 Å². The van der Waals surface area contributed by atoms with Crippen LogP contribution in [0.25, 0.3) is 6.08 Å². The molecular formula is C24H26N2O5S. The van der Waals surface area contributed by atoms with E-state index in [1.165, 1.54) is 0 Å². The zero-order valence-electron chi connectivity index (χ0n) is 18.3. The minimum atomic E-state index is -0.499. The molecular weight excluding hydrogens is 428 g/mol. The molecule has 8 heteroatoms. The largest absolute Gasteiger partial charge is 0.490 e. The minimum absolute atomic E-state index is 0.0404. The fourth-order valence-electron chi connectivity index (χ4n) is 2.93. The van der Waals surface area contributed by atoms with Gasteiger partial charge >= 0.3 is 0 Å². The number of anilines is 1. The second kappa shape index (κ2) is 10.9. The summed E-state index contributed by atoms with van der Waals surface area (Å²) >= 11 is 0.809. The van der Waals surface area contributed by atoms with Gasteiger partial charge in [-0.05, 0) is 67.9 Å². The molecule has 1 saturated heterocycles. The number of hydrogen-bond donors (Lipinski definition) is 1. The second-order valence-electron chi connectivity index (χ2n) is 7.16. The number of nitrogens with zero attached hydrogens (tertiary/aromatic N) is 1. The van der Waals surface area contributed by atoms with Crippen LogP contribution in [0.15, 0.2) is 53.4 Å². The average molecular weight is 455 g/mol. The van der Waals surface area contributed by atoms with Gasteiger partial charge in [-0.2, -0.15) is 0 Å². The first-order valence-corrected chi connectivity index (χ1v) is 11.3. The van der Waals surface area contributed by atoms with Gasteiger partial charge in [-0.15, -0.1) is 0 Å². The monoisotopic (exact) mass is 454 g/mol. The first-order valence-electron chi connectivity index (χ1n) is 10.4. The van der Waals surface area contributed by atoms with Crippen LogP contribution in [0, 0.1) is 0 Å². The Morgan fingerprint density at radius 2 is 1.88 bits per heavy atom. The van der Waals surface area contributed by atoms with E-state index in [9.17, 15) is 14.4 Å². The highest BCUT2D eigenvalue weighted by atomic mass is 32.2. The Hall–Kier alpha value is -3.26. The third-order valence-electron chi connectivity index (χ3n) is 4.70. The van der Waals surface area contributed by atoms with Gasteiger partial charge in [0, 0.05) is 5.69 Å². The molecule has 0 aromatic heterocycles. The maximum absolute atomic E-state index is 12.8. The molecule has 2 aromatic rings. The molecule has 1 fully saturated rings. The molecule has 1 aliphatic heterocycles. The highest BCUT2D eigenvalue weighted by Gasteiger charge is 2.36. The number of carbonyl (C=O) groups is 3. The molecule has 2 aromatic carbocycles. The van der Waals surface area contributed by atoms with E-state index in [2.05, 4.69) is 5.32 Å². The van der Waals surface area contributed by atoms with Gasteiger partial charge in [0.1, 0.15) is 6.54 Å². The first kappa shape index (κ1) is 23.4. The molecule has 3 rings (SSSR count). The number of amides is 3. The van der Waals surface area contributed by atoms with E-state index in [4.69, 9.17) is 9.47 Å². The maximum Gasteiger partial charge on any atom is 0.294 e. The van der Waals surface area contributed by atoms with E-state index in [1.807, 2.05) is 26.8 Å². The molecule has 0 bridgehead atoms. The van der Waals surface area contributed by atoms with Crippen molar-refractivity contribution in [1.82, 2.24) is 4.90 Å². The molecule has 32 heavy (non-hydrogen) atoms. The summed E-state index contributed by atoms with van der Waals surface area (Å²) in [4.78, 5) is 38.6. The molecule has 168 valence electrons. The Bertz CT molecular complexity index is 1020. The van der Waals surface area contributed by atoms with Crippen molar-refractivity contribution in [1.29, 1.82) is 0 Å². The summed E-state index contributed by atoms with van der Waals surface area (Å²) in [6, 6.07) is 14.2. The Balaban J connectivity index is 1.73. The Morgan fingerprint density at radius 1 is 1.12 bits per heavy atom. The standard InChI is InChI=1S/C24H26N2O5S/c1-4-16(3)31-19-12-11-17(13-20(19)30-5-2)14-21-23(28)26(24(29)32-21)15-22(27)25-18-9-7-6-8-10-18/h6-14,16H,4-5,15H2,1-3H3,(H,25,27)/b21-14+/t16-/m0/s1. The fraction of sp³-hybridized carbons (Fsp3) is 0.292. The molecule has 1 atom stereocenters. The molecule has 0 radical (unpaired) electrons. The van der Waals surface area contributed by atoms with Crippen LogP contribution in [0.2, 0.25) is 0 Å². The van der Waals surface area contributed by atoms with Crippen molar-refractivity contribution >= 4 is 40.6 Å². The smallest absolute Gasteiger partial charge is 0.294 e. The lowest BCUT2D eigenvalue weighted by molar-refractivity contribution is -0.127. The predicted octanol–water partition coefficient (Wildman–Crippen LogP) is 4.94. The molecule has 0 saturated carbocycles. The maximum atomic E-state index is 12.8. The molecule has 0 unspecified atom stereocenters. The molecule has 1 heterocycles. The van der Waals surface area contributed by atoms with Gasteiger partial charge in [-0.25, -0.2) is 0 Å². The van der Waals surface area contributed by atoms with Crippen LogP contribution in [0.4, 0.5) is 10.5 Å². The lowest BCUT2D eigenvalue weighted by atomic mass is 10.1. The molecule has 0 aliphatic carbocycles. The zero-order valence-corrected chi connectivity index (χ0v) is 19.1. The Morgan fingerprint density at radius 3 is 2.56 bits per heavy atom. The predicted molar refractivity (Wildman–Crippen MR) is 126 cm³/mol. The summed E-state index contributed by atoms with van der Waals surface area (Å²) in [5.74, 6) is 0.262. The summed E-state index contributed by atoms with van der Waals surface area (Å²) in [5.41, 5.74) is 1.30. The van der Waals surface area contributed by atoms with Crippen LogP contribution in [-0.4, -0.2) is 41.2 Å². The summed E-state index contributed by atoms with van der Waals surface area (Å²) in [7, 11) is 0. The van der Waals surface area contributed by atoms with Gasteiger partial charge in [0.25, 0.3) is 11.1 Å². The first-order chi connectivity index (χ1) is 15.4. The van der Waals surface area contributed by atoms with Crippen molar-refractivity contribution in [2.45, 2.75) is 33.3 Å². The quantitative estimate of drug-likeness (QED) is 0.541. The number of nitrogens with one attached hydrogen (secondary N) is 1. The van der Waals surface area contributed by atoms with E-state index in [0.29, 0.717) is 29.4 Å². The number of hydrogen-bond acceptors (Lipinski definition) is 6. The minimum Gasteiger partial charge on any atom is -0.490 e. The number of benzene rings is 2. The van der Waals surface area contributed by atoms with E-state index in [0.717, 1.165) is 23.1 Å². The van der Waals surface area contributed by atoms with Crippen molar-refractivity contribution in [3.63, 3.8) is 0 Å². The molecule has 1 aliphatic rings. The van der Waals surface area contributed by atoms with Crippen LogP contribution in [-0.2, 0) is 9.59 Å². The Kier molecular flexibility index (Phi) is 7.94. The summed E-state index contributed by atoms with van der Waals surface area (Å²) in [5, 5.41) is 2.20. The number of rotatable bonds is 9. The number of imide groups is 1. The summed E-state index contributed by atoms with van der Waals surface area (Å²) in [6.45, 7) is 6.02. The van der Waals surface area contributed by atoms with E-state index in [-0.39, 0.29) is 17.6 Å². The van der Waals surface area contributed by atoms with Crippen molar-refractivity contribution in [3.8, 4) is 11.5 Å². The second-order valence-corrected chi connectivity index (χ2v) is 8.15. The van der Waals surface area contributed by atoms with Gasteiger partial charge in [0.15, 0.2) is 11.5 Å². The molecule has 1 N–H and O–H groups in total. The molecule has 3 amide bonds. The number of ether oxygens (including phenoxy) is 2. The highest BCUT2D eigenvalue weighted by Crippen LogP contribution is 2.35. The van der Waals surface area contributed by atoms with Gasteiger partial charge in [0.2, 0.25) is 5.91 Å². The van der Waals surface area contributed by atoms with Gasteiger partial charge in [-0.3, -0.25) is 19.3 Å². The Labute approximate surface area is 191 Å². The van der Waals surface area contributed by atoms with Gasteiger partial charge in [0.05, 0.1) is 17.6 Å². The highest BCUT2D eigenvalue weighted by molar-refractivity contribution is 8.18. The SMILES string of the molecule is CCOc1cc(/C=C2/SC(=O)N(CC(=O)Nc3ccccc3)C2=O)ccc1O[C@@H](C)CC. The van der Waals surface area contributed by atoms with Crippen molar-refractivity contribution in [3.05, 3.63) is 59.0 Å². The van der Waals surface area contributed by atoms with Crippen LogP contribution in [0.5, 0.6) is 11.5 Å². The van der Waals surface area contributed by atoms with Crippen LogP contribution in [0.3, 0.4) is 0 Å². The third-order valence-corrected chi connectivity index (χ3v) is 5.61.